The summed E-state index contributed by atoms with van der Waals surface area (Å²) in [6.45, 7) is 3.47. The molecule has 1 amide bonds. The molecule has 1 fully saturated rings. The molecule has 0 bridgehead atoms. The van der Waals surface area contributed by atoms with Crippen LogP contribution in [0.15, 0.2) is 48.5 Å². The molecule has 0 atom stereocenters. The monoisotopic (exact) mass is 449 g/mol. The second-order valence-electron chi connectivity index (χ2n) is 7.74. The van der Waals surface area contributed by atoms with E-state index in [0.717, 1.165) is 48.9 Å². The van der Waals surface area contributed by atoms with Crippen LogP contribution in [0.3, 0.4) is 0 Å². The van der Waals surface area contributed by atoms with E-state index in [-0.39, 0.29) is 16.4 Å². The number of thiocarbonyl (C=S) groups is 1. The molecule has 2 heterocycles. The van der Waals surface area contributed by atoms with Gasteiger partial charge >= 0.3 is 0 Å². The number of piperidine rings is 1. The summed E-state index contributed by atoms with van der Waals surface area (Å²) in [4.78, 5) is 30.4. The van der Waals surface area contributed by atoms with Gasteiger partial charge in [0.2, 0.25) is 0 Å². The highest BCUT2D eigenvalue weighted by atomic mass is 32.1. The predicted molar refractivity (Wildman–Crippen MR) is 129 cm³/mol. The molecule has 0 saturated carbocycles. The van der Waals surface area contributed by atoms with Crippen molar-refractivity contribution in [1.29, 1.82) is 0 Å². The van der Waals surface area contributed by atoms with Gasteiger partial charge < -0.3 is 10.2 Å². The number of pyridine rings is 1. The van der Waals surface area contributed by atoms with E-state index in [4.69, 9.17) is 12.2 Å². The fraction of sp³-hybridized carbons (Fsp3) is 0.261. The smallest absolute Gasteiger partial charge is 0.293 e. The third-order valence-electron chi connectivity index (χ3n) is 5.48. The molecule has 0 unspecified atom stereocenters. The Morgan fingerprint density at radius 2 is 1.91 bits per heavy atom. The lowest BCUT2D eigenvalue weighted by molar-refractivity contribution is -0.384. The molecule has 32 heavy (non-hydrogen) atoms. The molecule has 0 aliphatic carbocycles. The van der Waals surface area contributed by atoms with E-state index < -0.39 is 10.8 Å². The lowest BCUT2D eigenvalue weighted by Crippen LogP contribution is -2.34. The summed E-state index contributed by atoms with van der Waals surface area (Å²) < 4.78 is 0. The maximum absolute atomic E-state index is 12.7. The van der Waals surface area contributed by atoms with Crippen molar-refractivity contribution < 1.29 is 9.72 Å². The van der Waals surface area contributed by atoms with Crippen LogP contribution in [0.2, 0.25) is 0 Å². The number of nitrogens with zero attached hydrogens (tertiary/aromatic N) is 3. The van der Waals surface area contributed by atoms with Gasteiger partial charge in [0, 0.05) is 41.5 Å². The first kappa shape index (κ1) is 21.6. The van der Waals surface area contributed by atoms with Crippen molar-refractivity contribution in [3.63, 3.8) is 0 Å². The number of aromatic nitrogens is 1. The summed E-state index contributed by atoms with van der Waals surface area (Å²) >= 11 is 5.31. The van der Waals surface area contributed by atoms with E-state index in [1.807, 2.05) is 42.2 Å². The average Bonchev–Trinajstić information content (AvgIpc) is 2.79. The molecule has 1 aliphatic heterocycles. The number of carbonyl (C=O) groups is 1. The van der Waals surface area contributed by atoms with Crippen molar-refractivity contribution in [2.75, 3.05) is 23.3 Å². The number of rotatable bonds is 4. The highest BCUT2D eigenvalue weighted by molar-refractivity contribution is 7.80. The first-order valence-electron chi connectivity index (χ1n) is 10.4. The summed E-state index contributed by atoms with van der Waals surface area (Å²) in [6, 6.07) is 14.0. The van der Waals surface area contributed by atoms with Crippen molar-refractivity contribution in [3.05, 3.63) is 69.9 Å². The molecule has 2 N–H and O–H groups in total. The van der Waals surface area contributed by atoms with Crippen molar-refractivity contribution in [2.45, 2.75) is 26.2 Å². The SMILES string of the molecule is Cc1ccc2c(NC(=S)NC(=O)c3ccc(N4CCCCC4)c([N+](=O)[O-])c3)cccc2n1. The highest BCUT2D eigenvalue weighted by Gasteiger charge is 2.23. The number of benzene rings is 2. The van der Waals surface area contributed by atoms with Crippen LogP contribution in [0.25, 0.3) is 10.9 Å². The standard InChI is InChI=1S/C23H23N5O3S/c1-15-8-10-17-18(24-15)6-5-7-19(17)25-23(32)26-22(29)16-9-11-20(21(14-16)28(30)31)27-12-3-2-4-13-27/h5-11,14H,2-4,12-13H2,1H3,(H2,25,26,29,32). The van der Waals surface area contributed by atoms with Crippen molar-refractivity contribution in [3.8, 4) is 0 Å². The van der Waals surface area contributed by atoms with Gasteiger partial charge in [0.05, 0.1) is 10.4 Å². The Hall–Kier alpha value is -3.59. The van der Waals surface area contributed by atoms with Gasteiger partial charge in [0.25, 0.3) is 11.6 Å². The molecule has 1 saturated heterocycles. The van der Waals surface area contributed by atoms with Crippen LogP contribution in [-0.4, -0.2) is 34.0 Å². The van der Waals surface area contributed by atoms with E-state index in [1.165, 1.54) is 6.07 Å². The zero-order valence-corrected chi connectivity index (χ0v) is 18.4. The van der Waals surface area contributed by atoms with Crippen LogP contribution < -0.4 is 15.5 Å². The van der Waals surface area contributed by atoms with E-state index in [2.05, 4.69) is 15.6 Å². The number of hydrogen-bond donors (Lipinski definition) is 2. The second-order valence-corrected chi connectivity index (χ2v) is 8.15. The number of anilines is 2. The van der Waals surface area contributed by atoms with Gasteiger partial charge in [-0.2, -0.15) is 0 Å². The number of hydrogen-bond acceptors (Lipinski definition) is 6. The summed E-state index contributed by atoms with van der Waals surface area (Å²) in [7, 11) is 0. The number of fused-ring (bicyclic) bond motifs is 1. The Morgan fingerprint density at radius 3 is 2.66 bits per heavy atom. The van der Waals surface area contributed by atoms with E-state index in [0.29, 0.717) is 11.4 Å². The molecule has 0 spiro atoms. The molecule has 2 aromatic carbocycles. The minimum Gasteiger partial charge on any atom is -0.366 e. The lowest BCUT2D eigenvalue weighted by atomic mass is 10.1. The van der Waals surface area contributed by atoms with Gasteiger partial charge in [0.15, 0.2) is 5.11 Å². The van der Waals surface area contributed by atoms with Gasteiger partial charge in [-0.3, -0.25) is 25.2 Å². The Kier molecular flexibility index (Phi) is 6.27. The number of nitro groups is 1. The van der Waals surface area contributed by atoms with Crippen molar-refractivity contribution >= 4 is 51.2 Å². The number of carbonyl (C=O) groups excluding carboxylic acids is 1. The fourth-order valence-corrected chi connectivity index (χ4v) is 4.11. The summed E-state index contributed by atoms with van der Waals surface area (Å²) in [5.41, 5.74) is 3.08. The van der Waals surface area contributed by atoms with E-state index >= 15 is 0 Å². The normalized spacial score (nSPS) is 13.6. The molecular formula is C23H23N5O3S. The van der Waals surface area contributed by atoms with Crippen LogP contribution in [0.5, 0.6) is 0 Å². The Balaban J connectivity index is 1.50. The number of nitro benzene ring substituents is 1. The average molecular weight is 450 g/mol. The zero-order chi connectivity index (χ0) is 22.7. The van der Waals surface area contributed by atoms with Gasteiger partial charge in [0.1, 0.15) is 5.69 Å². The summed E-state index contributed by atoms with van der Waals surface area (Å²) in [5, 5.41) is 18.3. The third-order valence-corrected chi connectivity index (χ3v) is 5.68. The van der Waals surface area contributed by atoms with Crippen LogP contribution >= 0.6 is 12.2 Å². The van der Waals surface area contributed by atoms with Gasteiger partial charge in [-0.1, -0.05) is 6.07 Å². The summed E-state index contributed by atoms with van der Waals surface area (Å²) in [6.07, 6.45) is 3.13. The first-order valence-corrected chi connectivity index (χ1v) is 10.9. The van der Waals surface area contributed by atoms with Crippen LogP contribution in [0, 0.1) is 17.0 Å². The molecule has 4 rings (SSSR count). The maximum atomic E-state index is 12.7. The van der Waals surface area contributed by atoms with Gasteiger partial charge in [-0.05, 0) is 74.8 Å². The molecule has 0 radical (unpaired) electrons. The Bertz CT molecular complexity index is 1210. The quantitative estimate of drug-likeness (QED) is 0.342. The minimum absolute atomic E-state index is 0.0751. The maximum Gasteiger partial charge on any atom is 0.293 e. The third kappa shape index (κ3) is 4.67. The summed E-state index contributed by atoms with van der Waals surface area (Å²) in [5.74, 6) is -0.509. The number of amides is 1. The molecule has 3 aromatic rings. The van der Waals surface area contributed by atoms with Crippen molar-refractivity contribution in [2.24, 2.45) is 0 Å². The Labute approximate surface area is 190 Å². The molecule has 8 nitrogen and oxygen atoms in total. The molecule has 1 aliphatic rings. The lowest BCUT2D eigenvalue weighted by Gasteiger charge is -2.28. The van der Waals surface area contributed by atoms with E-state index in [1.54, 1.807) is 12.1 Å². The number of aryl methyl sites for hydroxylation is 1. The van der Waals surface area contributed by atoms with Gasteiger partial charge in [-0.25, -0.2) is 0 Å². The zero-order valence-electron chi connectivity index (χ0n) is 17.6. The molecule has 1 aromatic heterocycles. The largest absolute Gasteiger partial charge is 0.366 e. The van der Waals surface area contributed by atoms with Crippen LogP contribution in [0.4, 0.5) is 17.1 Å². The first-order chi connectivity index (χ1) is 15.4. The van der Waals surface area contributed by atoms with Crippen LogP contribution in [-0.2, 0) is 0 Å². The van der Waals surface area contributed by atoms with E-state index in [9.17, 15) is 14.9 Å². The van der Waals surface area contributed by atoms with Gasteiger partial charge in [-0.15, -0.1) is 0 Å². The Morgan fingerprint density at radius 1 is 1.12 bits per heavy atom. The molecule has 9 heteroatoms. The topological polar surface area (TPSA) is 100 Å². The molecular weight excluding hydrogens is 426 g/mol. The minimum atomic E-state index is -0.509. The number of nitrogens with one attached hydrogen (secondary N) is 2. The molecule has 164 valence electrons. The second kappa shape index (κ2) is 9.27. The van der Waals surface area contributed by atoms with Crippen LogP contribution in [0.1, 0.15) is 35.3 Å². The predicted octanol–water partition coefficient (Wildman–Crippen LogP) is 4.57. The fourth-order valence-electron chi connectivity index (χ4n) is 3.91. The van der Waals surface area contributed by atoms with Crippen molar-refractivity contribution in [1.82, 2.24) is 10.3 Å². The highest BCUT2D eigenvalue weighted by Crippen LogP contribution is 2.31.